The molecule has 0 spiro atoms. The van der Waals surface area contributed by atoms with E-state index >= 15 is 0 Å². The molecule has 1 amide bonds. The first-order valence-electron chi connectivity index (χ1n) is 8.38. The van der Waals surface area contributed by atoms with E-state index in [4.69, 9.17) is 0 Å². The number of halogens is 1. The summed E-state index contributed by atoms with van der Waals surface area (Å²) in [5.74, 6) is 0.488. The molecule has 0 radical (unpaired) electrons. The van der Waals surface area contributed by atoms with Crippen molar-refractivity contribution in [3.05, 3.63) is 48.0 Å². The summed E-state index contributed by atoms with van der Waals surface area (Å²) >= 11 is 0. The van der Waals surface area contributed by atoms with Crippen molar-refractivity contribution in [1.82, 2.24) is 14.9 Å². The number of nitrogens with zero attached hydrogens (tertiary/aromatic N) is 4. The van der Waals surface area contributed by atoms with Crippen LogP contribution in [-0.2, 0) is 4.79 Å². The number of amides is 1. The molecule has 1 saturated heterocycles. The van der Waals surface area contributed by atoms with Crippen molar-refractivity contribution in [3.8, 4) is 0 Å². The Morgan fingerprint density at radius 2 is 1.88 bits per heavy atom. The van der Waals surface area contributed by atoms with Crippen LogP contribution >= 0.6 is 0 Å². The molecule has 0 aliphatic carbocycles. The molecule has 1 N–H and O–H groups in total. The number of anilines is 2. The third kappa shape index (κ3) is 4.04. The van der Waals surface area contributed by atoms with Crippen molar-refractivity contribution >= 4 is 17.5 Å². The maximum absolute atomic E-state index is 13.3. The van der Waals surface area contributed by atoms with Gasteiger partial charge in [-0.15, -0.1) is 0 Å². The van der Waals surface area contributed by atoms with Gasteiger partial charge in [0.1, 0.15) is 11.9 Å². The highest BCUT2D eigenvalue weighted by atomic mass is 19.1. The van der Waals surface area contributed by atoms with Gasteiger partial charge in [-0.25, -0.2) is 14.4 Å². The van der Waals surface area contributed by atoms with Crippen molar-refractivity contribution in [3.63, 3.8) is 0 Å². The van der Waals surface area contributed by atoms with Crippen LogP contribution in [0, 0.1) is 12.7 Å². The fourth-order valence-electron chi connectivity index (χ4n) is 2.90. The number of piperazine rings is 1. The average molecular weight is 343 g/mol. The molecule has 1 aliphatic rings. The summed E-state index contributed by atoms with van der Waals surface area (Å²) in [5.41, 5.74) is 1.30. The van der Waals surface area contributed by atoms with Gasteiger partial charge in [0.25, 0.3) is 0 Å². The highest BCUT2D eigenvalue weighted by Gasteiger charge is 2.25. The van der Waals surface area contributed by atoms with Gasteiger partial charge in [-0.05, 0) is 43.7 Å². The van der Waals surface area contributed by atoms with Gasteiger partial charge in [0, 0.05) is 44.3 Å². The molecule has 132 valence electrons. The predicted molar refractivity (Wildman–Crippen MR) is 95.0 cm³/mol. The van der Waals surface area contributed by atoms with Gasteiger partial charge in [0.15, 0.2) is 0 Å². The maximum Gasteiger partial charge on any atom is 0.244 e. The second-order valence-corrected chi connectivity index (χ2v) is 6.19. The zero-order valence-corrected chi connectivity index (χ0v) is 14.4. The fourth-order valence-corrected chi connectivity index (χ4v) is 2.90. The number of aromatic nitrogens is 2. The zero-order valence-electron chi connectivity index (χ0n) is 14.4. The smallest absolute Gasteiger partial charge is 0.244 e. The Kier molecular flexibility index (Phi) is 5.11. The zero-order chi connectivity index (χ0) is 17.8. The van der Waals surface area contributed by atoms with E-state index < -0.39 is 0 Å². The van der Waals surface area contributed by atoms with Gasteiger partial charge in [-0.1, -0.05) is 0 Å². The van der Waals surface area contributed by atoms with Crippen LogP contribution in [0.25, 0.3) is 0 Å². The Morgan fingerprint density at radius 1 is 1.20 bits per heavy atom. The minimum absolute atomic E-state index is 0.0376. The predicted octanol–water partition coefficient (Wildman–Crippen LogP) is 2.07. The minimum Gasteiger partial charge on any atom is -0.374 e. The van der Waals surface area contributed by atoms with Crippen molar-refractivity contribution < 1.29 is 9.18 Å². The normalized spacial score (nSPS) is 15.8. The summed E-state index contributed by atoms with van der Waals surface area (Å²) in [6, 6.07) is 6.19. The lowest BCUT2D eigenvalue weighted by Gasteiger charge is -2.36. The van der Waals surface area contributed by atoms with Gasteiger partial charge in [0.2, 0.25) is 11.9 Å². The molecule has 0 bridgehead atoms. The summed E-state index contributed by atoms with van der Waals surface area (Å²) in [5, 5.41) is 3.15. The van der Waals surface area contributed by atoms with E-state index in [1.54, 1.807) is 37.5 Å². The topological polar surface area (TPSA) is 61.4 Å². The van der Waals surface area contributed by atoms with Crippen LogP contribution in [-0.4, -0.2) is 53.0 Å². The summed E-state index contributed by atoms with van der Waals surface area (Å²) in [7, 11) is 0. The number of rotatable bonds is 4. The molecular formula is C18H22FN5O. The number of hydrogen-bond donors (Lipinski definition) is 1. The van der Waals surface area contributed by atoms with E-state index in [9.17, 15) is 9.18 Å². The monoisotopic (exact) mass is 343 g/mol. The van der Waals surface area contributed by atoms with Crippen LogP contribution < -0.4 is 10.2 Å². The average Bonchev–Trinajstić information content (AvgIpc) is 2.65. The maximum atomic E-state index is 13.3. The molecule has 1 aromatic carbocycles. The molecule has 1 aliphatic heterocycles. The van der Waals surface area contributed by atoms with Crippen LogP contribution in [0.3, 0.4) is 0 Å². The quantitative estimate of drug-likeness (QED) is 0.921. The van der Waals surface area contributed by atoms with Crippen LogP contribution in [0.1, 0.15) is 12.5 Å². The van der Waals surface area contributed by atoms with Crippen LogP contribution in [0.4, 0.5) is 16.0 Å². The van der Waals surface area contributed by atoms with Crippen molar-refractivity contribution in [2.24, 2.45) is 0 Å². The molecule has 2 aromatic rings. The summed E-state index contributed by atoms with van der Waals surface area (Å²) in [4.78, 5) is 25.0. The largest absolute Gasteiger partial charge is 0.374 e. The van der Waals surface area contributed by atoms with E-state index in [1.165, 1.54) is 6.07 Å². The van der Waals surface area contributed by atoms with Crippen LogP contribution in [0.5, 0.6) is 0 Å². The van der Waals surface area contributed by atoms with Crippen LogP contribution in [0.15, 0.2) is 36.7 Å². The van der Waals surface area contributed by atoms with E-state index in [0.29, 0.717) is 37.7 Å². The molecule has 0 unspecified atom stereocenters. The summed E-state index contributed by atoms with van der Waals surface area (Å²) in [6.45, 7) is 6.21. The molecule has 3 rings (SSSR count). The molecule has 1 aromatic heterocycles. The first-order chi connectivity index (χ1) is 12.0. The number of carbonyl (C=O) groups is 1. The number of aryl methyl sites for hydroxylation is 1. The summed E-state index contributed by atoms with van der Waals surface area (Å²) < 4.78 is 13.3. The molecule has 0 saturated carbocycles. The Bertz CT molecular complexity index is 732. The number of carbonyl (C=O) groups excluding carboxylic acids is 1. The Hall–Kier alpha value is -2.70. The molecule has 1 atom stereocenters. The highest BCUT2D eigenvalue weighted by Crippen LogP contribution is 2.16. The Balaban J connectivity index is 1.55. The van der Waals surface area contributed by atoms with E-state index in [1.807, 2.05) is 11.8 Å². The van der Waals surface area contributed by atoms with Gasteiger partial charge in [-0.3, -0.25) is 4.79 Å². The minimum atomic E-state index is -0.371. The highest BCUT2D eigenvalue weighted by molar-refractivity contribution is 5.84. The lowest BCUT2D eigenvalue weighted by molar-refractivity contribution is -0.131. The number of nitrogens with one attached hydrogen (secondary N) is 1. The number of benzene rings is 1. The first-order valence-corrected chi connectivity index (χ1v) is 8.38. The number of hydrogen-bond acceptors (Lipinski definition) is 5. The van der Waals surface area contributed by atoms with Gasteiger partial charge in [-0.2, -0.15) is 0 Å². The lowest BCUT2D eigenvalue weighted by atomic mass is 10.2. The molecule has 6 nitrogen and oxygen atoms in total. The van der Waals surface area contributed by atoms with Crippen molar-refractivity contribution in [1.29, 1.82) is 0 Å². The lowest BCUT2D eigenvalue weighted by Crippen LogP contribution is -2.52. The first kappa shape index (κ1) is 17.1. The Labute approximate surface area is 146 Å². The molecule has 7 heteroatoms. The molecular weight excluding hydrogens is 321 g/mol. The third-order valence-corrected chi connectivity index (χ3v) is 4.34. The van der Waals surface area contributed by atoms with Gasteiger partial charge < -0.3 is 15.1 Å². The molecule has 1 fully saturated rings. The van der Waals surface area contributed by atoms with E-state index in [2.05, 4.69) is 20.2 Å². The SMILES string of the molecule is Cc1cc(N[C@H](C)C(=O)N2CCN(c3ncccn3)CC2)ccc1F. The van der Waals surface area contributed by atoms with E-state index in [-0.39, 0.29) is 17.8 Å². The van der Waals surface area contributed by atoms with Crippen molar-refractivity contribution in [2.75, 3.05) is 36.4 Å². The second kappa shape index (κ2) is 7.46. The molecule has 25 heavy (non-hydrogen) atoms. The third-order valence-electron chi connectivity index (χ3n) is 4.34. The Morgan fingerprint density at radius 3 is 2.52 bits per heavy atom. The van der Waals surface area contributed by atoms with Gasteiger partial charge >= 0.3 is 0 Å². The second-order valence-electron chi connectivity index (χ2n) is 6.19. The van der Waals surface area contributed by atoms with Crippen LogP contribution in [0.2, 0.25) is 0 Å². The van der Waals surface area contributed by atoms with Crippen molar-refractivity contribution in [2.45, 2.75) is 19.9 Å². The summed E-state index contributed by atoms with van der Waals surface area (Å²) in [6.07, 6.45) is 3.44. The fraction of sp³-hybridized carbons (Fsp3) is 0.389. The van der Waals surface area contributed by atoms with E-state index in [0.717, 1.165) is 5.69 Å². The van der Waals surface area contributed by atoms with Gasteiger partial charge in [0.05, 0.1) is 0 Å². The standard InChI is InChI=1S/C18H22FN5O/c1-13-12-15(4-5-16(13)19)22-14(2)17(25)23-8-10-24(11-9-23)18-20-6-3-7-21-18/h3-7,12,14,22H,8-11H2,1-2H3/t14-/m1/s1. The molecule has 2 heterocycles.